The first kappa shape index (κ1) is 14.3. The van der Waals surface area contributed by atoms with Crippen LogP contribution in [0.4, 0.5) is 0 Å². The van der Waals surface area contributed by atoms with E-state index in [4.69, 9.17) is 4.74 Å². The summed E-state index contributed by atoms with van der Waals surface area (Å²) in [5, 5.41) is 3.51. The molecule has 1 heterocycles. The van der Waals surface area contributed by atoms with Gasteiger partial charge in [-0.1, -0.05) is 33.3 Å². The molecule has 2 nitrogen and oxygen atoms in total. The summed E-state index contributed by atoms with van der Waals surface area (Å²) in [5.41, 5.74) is 1.46. The molecule has 17 heavy (non-hydrogen) atoms. The molecule has 0 amide bonds. The van der Waals surface area contributed by atoms with Crippen molar-refractivity contribution >= 4 is 0 Å². The fraction of sp³-hybridized carbons (Fsp3) is 0.733. The van der Waals surface area contributed by atoms with Crippen LogP contribution in [0.25, 0.3) is 0 Å². The van der Waals surface area contributed by atoms with Crippen LogP contribution in [-0.4, -0.2) is 19.2 Å². The minimum atomic E-state index is 0.276. The number of nitrogens with one attached hydrogen (secondary N) is 1. The summed E-state index contributed by atoms with van der Waals surface area (Å²) in [4.78, 5) is 0. The number of hydrogen-bond acceptors (Lipinski definition) is 2. The van der Waals surface area contributed by atoms with Crippen LogP contribution in [0.3, 0.4) is 0 Å². The molecule has 0 aromatic carbocycles. The average Bonchev–Trinajstić information content (AvgIpc) is 2.28. The standard InChI is InChI=1S/C15H27NO/c1-12(2)10-16-11-14(13(3)4)9-15-7-5-6-8-17-15/h6,8-9,12-13,15-16H,5,7,10-11H2,1-4H3/b14-9+. The van der Waals surface area contributed by atoms with Crippen molar-refractivity contribution in [2.75, 3.05) is 13.1 Å². The molecule has 0 bridgehead atoms. The number of rotatable bonds is 6. The van der Waals surface area contributed by atoms with E-state index in [0.717, 1.165) is 25.9 Å². The second kappa shape index (κ2) is 7.54. The average molecular weight is 237 g/mol. The van der Waals surface area contributed by atoms with Crippen LogP contribution >= 0.6 is 0 Å². The highest BCUT2D eigenvalue weighted by Crippen LogP contribution is 2.17. The highest BCUT2D eigenvalue weighted by Gasteiger charge is 2.11. The van der Waals surface area contributed by atoms with Gasteiger partial charge in [-0.2, -0.15) is 0 Å². The van der Waals surface area contributed by atoms with Crippen molar-refractivity contribution in [1.82, 2.24) is 5.32 Å². The van der Waals surface area contributed by atoms with E-state index in [1.807, 2.05) is 6.26 Å². The molecule has 1 atom stereocenters. The van der Waals surface area contributed by atoms with Crippen LogP contribution < -0.4 is 5.32 Å². The predicted octanol–water partition coefficient (Wildman–Crippen LogP) is 3.51. The SMILES string of the molecule is CC(C)CNC/C(=C\C1CCC=CO1)C(C)C. The van der Waals surface area contributed by atoms with Gasteiger partial charge in [-0.25, -0.2) is 0 Å². The Morgan fingerprint density at radius 1 is 1.41 bits per heavy atom. The van der Waals surface area contributed by atoms with Crippen LogP contribution in [0.1, 0.15) is 40.5 Å². The first-order valence-electron chi connectivity index (χ1n) is 6.81. The van der Waals surface area contributed by atoms with Crippen LogP contribution in [0, 0.1) is 11.8 Å². The van der Waals surface area contributed by atoms with Crippen LogP contribution in [0.2, 0.25) is 0 Å². The van der Waals surface area contributed by atoms with E-state index < -0.39 is 0 Å². The molecule has 98 valence electrons. The summed E-state index contributed by atoms with van der Waals surface area (Å²) in [6.07, 6.45) is 8.75. The highest BCUT2D eigenvalue weighted by atomic mass is 16.5. The lowest BCUT2D eigenvalue weighted by molar-refractivity contribution is 0.164. The third-order valence-electron chi connectivity index (χ3n) is 2.99. The van der Waals surface area contributed by atoms with Gasteiger partial charge in [-0.3, -0.25) is 0 Å². The van der Waals surface area contributed by atoms with Crippen molar-refractivity contribution in [3.63, 3.8) is 0 Å². The predicted molar refractivity (Wildman–Crippen MR) is 73.9 cm³/mol. The largest absolute Gasteiger partial charge is 0.494 e. The number of allylic oxidation sites excluding steroid dienone is 1. The first-order valence-corrected chi connectivity index (χ1v) is 6.81. The molecule has 1 aliphatic rings. The van der Waals surface area contributed by atoms with Crippen molar-refractivity contribution < 1.29 is 4.74 Å². The molecule has 0 saturated carbocycles. The fourth-order valence-electron chi connectivity index (χ4n) is 1.88. The van der Waals surface area contributed by atoms with E-state index in [0.29, 0.717) is 11.8 Å². The topological polar surface area (TPSA) is 21.3 Å². The zero-order valence-corrected chi connectivity index (χ0v) is 11.7. The molecule has 1 N–H and O–H groups in total. The van der Waals surface area contributed by atoms with Crippen molar-refractivity contribution in [3.05, 3.63) is 24.0 Å². The second-order valence-electron chi connectivity index (χ2n) is 5.54. The van der Waals surface area contributed by atoms with Gasteiger partial charge < -0.3 is 10.1 Å². The first-order chi connectivity index (χ1) is 8.09. The number of ether oxygens (including phenoxy) is 1. The molecule has 2 heteroatoms. The summed E-state index contributed by atoms with van der Waals surface area (Å²) in [5.74, 6) is 1.29. The van der Waals surface area contributed by atoms with Crippen LogP contribution in [-0.2, 0) is 4.74 Å². The molecule has 0 radical (unpaired) electrons. The smallest absolute Gasteiger partial charge is 0.117 e. The van der Waals surface area contributed by atoms with Crippen LogP contribution in [0.5, 0.6) is 0 Å². The van der Waals surface area contributed by atoms with Crippen LogP contribution in [0.15, 0.2) is 24.0 Å². The Kier molecular flexibility index (Phi) is 6.35. The fourth-order valence-corrected chi connectivity index (χ4v) is 1.88. The van der Waals surface area contributed by atoms with E-state index in [1.165, 1.54) is 5.57 Å². The van der Waals surface area contributed by atoms with Gasteiger partial charge in [0.1, 0.15) is 6.10 Å². The molecular formula is C15H27NO. The lowest BCUT2D eigenvalue weighted by atomic mass is 9.99. The third kappa shape index (κ3) is 5.92. The number of hydrogen-bond donors (Lipinski definition) is 1. The summed E-state index contributed by atoms with van der Waals surface area (Å²) >= 11 is 0. The summed E-state index contributed by atoms with van der Waals surface area (Å²) < 4.78 is 5.60. The quantitative estimate of drug-likeness (QED) is 0.714. The van der Waals surface area contributed by atoms with E-state index >= 15 is 0 Å². The molecule has 1 rings (SSSR count). The van der Waals surface area contributed by atoms with Gasteiger partial charge in [-0.15, -0.1) is 0 Å². The van der Waals surface area contributed by atoms with Gasteiger partial charge in [0.2, 0.25) is 0 Å². The van der Waals surface area contributed by atoms with Gasteiger partial charge in [-0.05, 0) is 43.4 Å². The second-order valence-corrected chi connectivity index (χ2v) is 5.54. The minimum absolute atomic E-state index is 0.276. The lowest BCUT2D eigenvalue weighted by Crippen LogP contribution is -2.25. The third-order valence-corrected chi connectivity index (χ3v) is 2.99. The van der Waals surface area contributed by atoms with Gasteiger partial charge in [0.25, 0.3) is 0 Å². The van der Waals surface area contributed by atoms with Crippen molar-refractivity contribution in [1.29, 1.82) is 0 Å². The molecule has 1 aliphatic heterocycles. The highest BCUT2D eigenvalue weighted by molar-refractivity contribution is 5.11. The zero-order valence-electron chi connectivity index (χ0n) is 11.7. The minimum Gasteiger partial charge on any atom is -0.494 e. The summed E-state index contributed by atoms with van der Waals surface area (Å²) in [6, 6.07) is 0. The molecule has 0 spiro atoms. The molecule has 0 fully saturated rings. The maximum absolute atomic E-state index is 5.60. The Balaban J connectivity index is 2.46. The monoisotopic (exact) mass is 237 g/mol. The van der Waals surface area contributed by atoms with Gasteiger partial charge in [0, 0.05) is 6.54 Å². The molecule has 0 aromatic heterocycles. The molecule has 0 aromatic rings. The Morgan fingerprint density at radius 3 is 2.71 bits per heavy atom. The molecular weight excluding hydrogens is 210 g/mol. The van der Waals surface area contributed by atoms with Crippen molar-refractivity contribution in [2.45, 2.75) is 46.6 Å². The van der Waals surface area contributed by atoms with E-state index in [-0.39, 0.29) is 6.10 Å². The Hall–Kier alpha value is -0.760. The Morgan fingerprint density at radius 2 is 2.18 bits per heavy atom. The Bertz CT molecular complexity index is 266. The van der Waals surface area contributed by atoms with Gasteiger partial charge >= 0.3 is 0 Å². The maximum Gasteiger partial charge on any atom is 0.117 e. The molecule has 1 unspecified atom stereocenters. The molecule has 0 saturated heterocycles. The van der Waals surface area contributed by atoms with E-state index in [2.05, 4.69) is 45.2 Å². The zero-order chi connectivity index (χ0) is 12.7. The Labute approximate surface area is 106 Å². The lowest BCUT2D eigenvalue weighted by Gasteiger charge is -2.20. The van der Waals surface area contributed by atoms with E-state index in [1.54, 1.807) is 0 Å². The summed E-state index contributed by atoms with van der Waals surface area (Å²) in [6.45, 7) is 11.0. The van der Waals surface area contributed by atoms with Gasteiger partial charge in [0.05, 0.1) is 6.26 Å². The van der Waals surface area contributed by atoms with E-state index in [9.17, 15) is 0 Å². The summed E-state index contributed by atoms with van der Waals surface area (Å²) in [7, 11) is 0. The van der Waals surface area contributed by atoms with Crippen molar-refractivity contribution in [3.8, 4) is 0 Å². The van der Waals surface area contributed by atoms with Crippen molar-refractivity contribution in [2.24, 2.45) is 11.8 Å². The maximum atomic E-state index is 5.60. The molecule has 0 aliphatic carbocycles. The van der Waals surface area contributed by atoms with Gasteiger partial charge in [0.15, 0.2) is 0 Å². The normalized spacial score (nSPS) is 21.1.